The average molecular weight is 886 g/mol. The first-order chi connectivity index (χ1) is 34.7. The highest BCUT2D eigenvalue weighted by atomic mass is 15.1. The van der Waals surface area contributed by atoms with E-state index in [1.165, 1.54) is 121 Å². The molecule has 0 atom stereocenters. The molecular formula is C69H43N. The predicted molar refractivity (Wildman–Crippen MR) is 296 cm³/mol. The van der Waals surface area contributed by atoms with Gasteiger partial charge in [-0.2, -0.15) is 0 Å². The number of nitrogens with zero attached hydrogens (tertiary/aromatic N) is 1. The number of hydrogen-bond donors (Lipinski definition) is 0. The van der Waals surface area contributed by atoms with Crippen LogP contribution in [0.5, 0.6) is 0 Å². The van der Waals surface area contributed by atoms with E-state index >= 15 is 0 Å². The van der Waals surface area contributed by atoms with Crippen molar-refractivity contribution in [1.29, 1.82) is 0 Å². The molecule has 2 aliphatic carbocycles. The van der Waals surface area contributed by atoms with Gasteiger partial charge in [-0.15, -0.1) is 0 Å². The molecule has 1 spiro atoms. The summed E-state index contributed by atoms with van der Waals surface area (Å²) in [5.41, 5.74) is 18.1. The van der Waals surface area contributed by atoms with Crippen molar-refractivity contribution >= 4 is 70.9 Å². The van der Waals surface area contributed by atoms with Crippen LogP contribution in [0, 0.1) is 0 Å². The fraction of sp³-hybridized carbons (Fsp3) is 0.0145. The van der Waals surface area contributed by atoms with Crippen LogP contribution in [0.15, 0.2) is 261 Å². The van der Waals surface area contributed by atoms with Gasteiger partial charge in [-0.3, -0.25) is 0 Å². The first-order valence-corrected chi connectivity index (χ1v) is 24.4. The van der Waals surface area contributed by atoms with Crippen LogP contribution in [0.2, 0.25) is 0 Å². The van der Waals surface area contributed by atoms with E-state index in [4.69, 9.17) is 0 Å². The van der Waals surface area contributed by atoms with Gasteiger partial charge in [0.05, 0.1) is 11.1 Å². The molecule has 0 fully saturated rings. The predicted octanol–water partition coefficient (Wildman–Crippen LogP) is 18.6. The van der Waals surface area contributed by atoms with Crippen molar-refractivity contribution < 1.29 is 0 Å². The molecule has 13 aromatic rings. The maximum atomic E-state index is 2.56. The molecule has 0 unspecified atom stereocenters. The van der Waals surface area contributed by atoms with E-state index in [1.807, 2.05) is 0 Å². The SMILES string of the molecule is c1ccc(-c2cc3c(cc2N(c2ccc(-c4cc5ccccc5c5ccccc45)cc2)c2ccc4c5ccccc5c5ccccc5c4c2)C2(c4ccccc4-c4ccccc42)c2ccccc2-3)cc1. The molecule has 0 heterocycles. The van der Waals surface area contributed by atoms with Gasteiger partial charge in [0.25, 0.3) is 0 Å². The molecular weight excluding hydrogens is 843 g/mol. The van der Waals surface area contributed by atoms with Crippen LogP contribution in [0.1, 0.15) is 22.3 Å². The molecule has 0 bridgehead atoms. The largest absolute Gasteiger partial charge is 0.310 e. The molecule has 70 heavy (non-hydrogen) atoms. The number of rotatable bonds is 5. The van der Waals surface area contributed by atoms with Crippen molar-refractivity contribution in [2.45, 2.75) is 5.41 Å². The summed E-state index contributed by atoms with van der Waals surface area (Å²) in [7, 11) is 0. The minimum Gasteiger partial charge on any atom is -0.310 e. The number of anilines is 3. The van der Waals surface area contributed by atoms with Gasteiger partial charge < -0.3 is 4.90 Å². The minimum atomic E-state index is -0.506. The van der Waals surface area contributed by atoms with E-state index in [0.717, 1.165) is 17.1 Å². The lowest BCUT2D eigenvalue weighted by Gasteiger charge is -2.33. The molecule has 0 amide bonds. The third kappa shape index (κ3) is 5.43. The Morgan fingerprint density at radius 2 is 0.671 bits per heavy atom. The topological polar surface area (TPSA) is 3.24 Å². The Hall–Kier alpha value is -9.04. The van der Waals surface area contributed by atoms with Gasteiger partial charge in [-0.25, -0.2) is 0 Å². The van der Waals surface area contributed by atoms with Crippen LogP contribution in [0.4, 0.5) is 17.1 Å². The fourth-order valence-electron chi connectivity index (χ4n) is 12.7. The minimum absolute atomic E-state index is 0.506. The molecule has 0 radical (unpaired) electrons. The number of hydrogen-bond acceptors (Lipinski definition) is 1. The summed E-state index contributed by atoms with van der Waals surface area (Å²) < 4.78 is 0. The van der Waals surface area contributed by atoms with Crippen LogP contribution in [-0.4, -0.2) is 0 Å². The lowest BCUT2D eigenvalue weighted by molar-refractivity contribution is 0.794. The molecule has 2 aliphatic rings. The molecule has 0 saturated heterocycles. The van der Waals surface area contributed by atoms with Gasteiger partial charge in [0, 0.05) is 16.9 Å². The Morgan fingerprint density at radius 1 is 0.229 bits per heavy atom. The van der Waals surface area contributed by atoms with E-state index in [9.17, 15) is 0 Å². The highest BCUT2D eigenvalue weighted by Crippen LogP contribution is 2.64. The number of fused-ring (bicyclic) bond motifs is 19. The van der Waals surface area contributed by atoms with Gasteiger partial charge in [-0.05, 0) is 158 Å². The second-order valence-corrected chi connectivity index (χ2v) is 19.1. The Morgan fingerprint density at radius 3 is 1.29 bits per heavy atom. The molecule has 324 valence electrons. The second-order valence-electron chi connectivity index (χ2n) is 19.1. The average Bonchev–Trinajstić information content (AvgIpc) is 3.90. The Balaban J connectivity index is 1.04. The molecule has 15 rings (SSSR count). The Bertz CT molecular complexity index is 4210. The van der Waals surface area contributed by atoms with E-state index in [1.54, 1.807) is 0 Å². The van der Waals surface area contributed by atoms with Gasteiger partial charge in [0.15, 0.2) is 0 Å². The van der Waals surface area contributed by atoms with E-state index < -0.39 is 5.41 Å². The van der Waals surface area contributed by atoms with Crippen molar-refractivity contribution in [3.8, 4) is 44.5 Å². The zero-order valence-electron chi connectivity index (χ0n) is 38.3. The zero-order chi connectivity index (χ0) is 45.9. The van der Waals surface area contributed by atoms with Crippen molar-refractivity contribution in [1.82, 2.24) is 0 Å². The maximum absolute atomic E-state index is 2.56. The monoisotopic (exact) mass is 885 g/mol. The Labute approximate surface area is 406 Å². The summed E-state index contributed by atoms with van der Waals surface area (Å²) >= 11 is 0. The summed E-state index contributed by atoms with van der Waals surface area (Å²) in [6.45, 7) is 0. The molecule has 0 aromatic heterocycles. The van der Waals surface area contributed by atoms with Crippen molar-refractivity contribution in [3.05, 3.63) is 283 Å². The second kappa shape index (κ2) is 15.0. The van der Waals surface area contributed by atoms with E-state index in [-0.39, 0.29) is 0 Å². The molecule has 13 aromatic carbocycles. The molecule has 0 aliphatic heterocycles. The fourth-order valence-corrected chi connectivity index (χ4v) is 12.7. The van der Waals surface area contributed by atoms with Gasteiger partial charge in [-0.1, -0.05) is 218 Å². The lowest BCUT2D eigenvalue weighted by Crippen LogP contribution is -2.26. The van der Waals surface area contributed by atoms with Gasteiger partial charge in [0.1, 0.15) is 0 Å². The standard InChI is InChI=1S/C69H43N/c1-2-18-44(19-3-1)61-42-63-59-30-14-17-33-66(59)69(64-31-15-12-28-57(64)58-29-13-16-32-65(58)69)67(63)43-68(61)70(48-38-39-56-53-25-8-7-23-51(53)52-24-9-11-27-55(52)62(56)41-48)47-36-34-45(35-37-47)60-40-46-20-4-5-21-49(46)50-22-6-10-26-54(50)60/h1-43H. The molecule has 0 N–H and O–H groups in total. The molecule has 1 nitrogen and oxygen atoms in total. The first-order valence-electron chi connectivity index (χ1n) is 24.4. The van der Waals surface area contributed by atoms with Crippen LogP contribution >= 0.6 is 0 Å². The zero-order valence-corrected chi connectivity index (χ0v) is 38.3. The highest BCUT2D eigenvalue weighted by Gasteiger charge is 2.52. The summed E-state index contributed by atoms with van der Waals surface area (Å²) in [6, 6.07) is 97.7. The smallest absolute Gasteiger partial charge is 0.0726 e. The van der Waals surface area contributed by atoms with Crippen molar-refractivity contribution in [2.24, 2.45) is 0 Å². The highest BCUT2D eigenvalue weighted by molar-refractivity contribution is 6.26. The normalized spacial score (nSPS) is 13.0. The summed E-state index contributed by atoms with van der Waals surface area (Å²) in [6.07, 6.45) is 0. The van der Waals surface area contributed by atoms with E-state index in [2.05, 4.69) is 266 Å². The first kappa shape index (κ1) is 39.0. The van der Waals surface area contributed by atoms with Crippen LogP contribution in [0.3, 0.4) is 0 Å². The number of benzene rings is 13. The van der Waals surface area contributed by atoms with E-state index in [0.29, 0.717) is 0 Å². The third-order valence-corrected chi connectivity index (χ3v) is 15.6. The summed E-state index contributed by atoms with van der Waals surface area (Å²) in [5, 5.41) is 12.6. The Kier molecular flexibility index (Phi) is 8.35. The third-order valence-electron chi connectivity index (χ3n) is 15.6. The van der Waals surface area contributed by atoms with Crippen molar-refractivity contribution in [3.63, 3.8) is 0 Å². The van der Waals surface area contributed by atoms with Crippen molar-refractivity contribution in [2.75, 3.05) is 4.90 Å². The maximum Gasteiger partial charge on any atom is 0.0726 e. The lowest BCUT2D eigenvalue weighted by atomic mass is 9.70. The van der Waals surface area contributed by atoms with Gasteiger partial charge in [0.2, 0.25) is 0 Å². The summed E-state index contributed by atoms with van der Waals surface area (Å²) in [5.74, 6) is 0. The quantitative estimate of drug-likeness (QED) is 0.156. The van der Waals surface area contributed by atoms with Gasteiger partial charge >= 0.3 is 0 Å². The molecule has 1 heteroatoms. The van der Waals surface area contributed by atoms with Crippen LogP contribution < -0.4 is 4.90 Å². The summed E-state index contributed by atoms with van der Waals surface area (Å²) in [4.78, 5) is 2.54. The van der Waals surface area contributed by atoms with Crippen LogP contribution in [-0.2, 0) is 5.41 Å². The molecule has 0 saturated carbocycles. The van der Waals surface area contributed by atoms with Crippen LogP contribution in [0.25, 0.3) is 98.4 Å².